The van der Waals surface area contributed by atoms with Crippen LogP contribution in [0.3, 0.4) is 0 Å². The minimum Gasteiger partial charge on any atom is -0.492 e. The summed E-state index contributed by atoms with van der Waals surface area (Å²) >= 11 is 6.15. The SMILES string of the molecule is NC(=O)N(O)CCCCc1ccc(OCCN2CCN([C@H](c3ccccc3)c3ccc(Cl)cc3)CC2)cc1[N+](=O)[O-]. The molecule has 3 aromatic rings. The van der Waals surface area contributed by atoms with E-state index >= 15 is 0 Å². The van der Waals surface area contributed by atoms with Crippen LogP contribution < -0.4 is 10.5 Å². The van der Waals surface area contributed by atoms with Gasteiger partial charge in [0.1, 0.15) is 12.4 Å². The maximum absolute atomic E-state index is 11.7. The predicted octanol–water partition coefficient (Wildman–Crippen LogP) is 5.13. The Balaban J connectivity index is 1.27. The smallest absolute Gasteiger partial charge is 0.338 e. The number of unbranched alkanes of at least 4 members (excludes halogenated alkanes) is 1. The topological polar surface area (TPSA) is 125 Å². The maximum atomic E-state index is 11.7. The van der Waals surface area contributed by atoms with E-state index in [0.29, 0.717) is 42.2 Å². The lowest BCUT2D eigenvalue weighted by Crippen LogP contribution is -2.48. The van der Waals surface area contributed by atoms with Crippen molar-refractivity contribution in [3.63, 3.8) is 0 Å². The van der Waals surface area contributed by atoms with E-state index < -0.39 is 11.0 Å². The van der Waals surface area contributed by atoms with E-state index in [2.05, 4.69) is 46.2 Å². The largest absolute Gasteiger partial charge is 0.492 e. The number of piperazine rings is 1. The van der Waals surface area contributed by atoms with Crippen LogP contribution in [0.25, 0.3) is 0 Å². The molecule has 41 heavy (non-hydrogen) atoms. The van der Waals surface area contributed by atoms with E-state index in [1.165, 1.54) is 17.2 Å². The monoisotopic (exact) mass is 581 g/mol. The first-order valence-corrected chi connectivity index (χ1v) is 14.1. The highest BCUT2D eigenvalue weighted by molar-refractivity contribution is 6.30. The second-order valence-corrected chi connectivity index (χ2v) is 10.5. The summed E-state index contributed by atoms with van der Waals surface area (Å²) in [4.78, 5) is 27.0. The van der Waals surface area contributed by atoms with Gasteiger partial charge in [0.15, 0.2) is 0 Å². The molecule has 2 amide bonds. The molecular formula is C30H36ClN5O5. The Morgan fingerprint density at radius 2 is 1.71 bits per heavy atom. The summed E-state index contributed by atoms with van der Waals surface area (Å²) in [5.41, 5.74) is 8.03. The number of rotatable bonds is 13. The van der Waals surface area contributed by atoms with E-state index in [1.54, 1.807) is 12.1 Å². The van der Waals surface area contributed by atoms with Crippen LogP contribution in [-0.2, 0) is 6.42 Å². The number of urea groups is 1. The molecule has 10 nitrogen and oxygen atoms in total. The summed E-state index contributed by atoms with van der Waals surface area (Å²) in [6.07, 6.45) is 1.46. The van der Waals surface area contributed by atoms with Crippen molar-refractivity contribution >= 4 is 23.3 Å². The molecule has 3 aromatic carbocycles. The van der Waals surface area contributed by atoms with Crippen LogP contribution in [0.1, 0.15) is 35.6 Å². The third kappa shape index (κ3) is 8.64. The van der Waals surface area contributed by atoms with E-state index in [-0.39, 0.29) is 18.3 Å². The van der Waals surface area contributed by atoms with Gasteiger partial charge in [0.05, 0.1) is 23.6 Å². The van der Waals surface area contributed by atoms with Gasteiger partial charge in [-0.1, -0.05) is 54.1 Å². The summed E-state index contributed by atoms with van der Waals surface area (Å²) in [6, 6.07) is 22.7. The Labute approximate surface area is 245 Å². The van der Waals surface area contributed by atoms with Gasteiger partial charge in [-0.15, -0.1) is 0 Å². The Hall–Kier alpha value is -3.70. The second-order valence-electron chi connectivity index (χ2n) is 10.1. The first kappa shape index (κ1) is 30.3. The minimum atomic E-state index is -0.923. The maximum Gasteiger partial charge on any atom is 0.338 e. The van der Waals surface area contributed by atoms with Crippen LogP contribution >= 0.6 is 11.6 Å². The number of hydrogen-bond acceptors (Lipinski definition) is 7. The molecule has 1 aliphatic heterocycles. The molecule has 3 N–H and O–H groups in total. The van der Waals surface area contributed by atoms with Gasteiger partial charge in [0.25, 0.3) is 5.69 Å². The van der Waals surface area contributed by atoms with Crippen molar-refractivity contribution in [2.24, 2.45) is 5.73 Å². The number of carbonyl (C=O) groups excluding carboxylic acids is 1. The lowest BCUT2D eigenvalue weighted by Gasteiger charge is -2.39. The standard InChI is InChI=1S/C30H36ClN5O5/c31-26-12-9-25(10-13-26)29(24-7-2-1-3-8-24)34-18-16-33(17-19-34)20-21-41-27-14-11-23(28(22-27)36(39)40)6-4-5-15-35(38)30(32)37/h1-3,7-14,22,29,38H,4-6,15-21H2,(H2,32,37)/t29-/m1/s1. The van der Waals surface area contributed by atoms with Crippen LogP contribution in [0, 0.1) is 10.1 Å². The Kier molecular flexibility index (Phi) is 10.9. The predicted molar refractivity (Wildman–Crippen MR) is 157 cm³/mol. The van der Waals surface area contributed by atoms with Crippen molar-refractivity contribution in [2.75, 3.05) is 45.9 Å². The summed E-state index contributed by atoms with van der Waals surface area (Å²) < 4.78 is 5.90. The molecule has 0 saturated carbocycles. The minimum absolute atomic E-state index is 0.000948. The van der Waals surface area contributed by atoms with Gasteiger partial charge >= 0.3 is 6.03 Å². The summed E-state index contributed by atoms with van der Waals surface area (Å²) in [7, 11) is 0. The van der Waals surface area contributed by atoms with Crippen molar-refractivity contribution in [2.45, 2.75) is 25.3 Å². The molecular weight excluding hydrogens is 546 g/mol. The fourth-order valence-electron chi connectivity index (χ4n) is 5.13. The normalized spacial score (nSPS) is 14.9. The molecule has 0 spiro atoms. The molecule has 4 rings (SSSR count). The van der Waals surface area contributed by atoms with Gasteiger partial charge in [-0.3, -0.25) is 25.1 Å². The number of hydrogen-bond donors (Lipinski definition) is 2. The van der Waals surface area contributed by atoms with E-state index in [1.807, 2.05) is 18.2 Å². The number of benzene rings is 3. The zero-order valence-corrected chi connectivity index (χ0v) is 23.7. The van der Waals surface area contributed by atoms with Crippen molar-refractivity contribution < 1.29 is 19.7 Å². The Bertz CT molecular complexity index is 1290. The third-order valence-corrected chi connectivity index (χ3v) is 7.58. The molecule has 1 heterocycles. The fourth-order valence-corrected chi connectivity index (χ4v) is 5.26. The molecule has 0 bridgehead atoms. The van der Waals surface area contributed by atoms with E-state index in [0.717, 1.165) is 37.7 Å². The van der Waals surface area contributed by atoms with Gasteiger partial charge in [0, 0.05) is 43.3 Å². The number of amides is 2. The molecule has 11 heteroatoms. The number of primary amides is 1. The van der Waals surface area contributed by atoms with Crippen molar-refractivity contribution in [1.29, 1.82) is 0 Å². The Morgan fingerprint density at radius 1 is 1.02 bits per heavy atom. The summed E-state index contributed by atoms with van der Waals surface area (Å²) in [5, 5.41) is 22.2. The number of nitro groups is 1. The van der Waals surface area contributed by atoms with E-state index in [9.17, 15) is 20.1 Å². The molecule has 1 atom stereocenters. The van der Waals surface area contributed by atoms with Crippen molar-refractivity contribution in [1.82, 2.24) is 14.9 Å². The van der Waals surface area contributed by atoms with E-state index in [4.69, 9.17) is 22.1 Å². The second kappa shape index (κ2) is 14.8. The summed E-state index contributed by atoms with van der Waals surface area (Å²) in [5.74, 6) is 0.459. The number of nitro benzene ring substituents is 1. The lowest BCUT2D eigenvalue weighted by molar-refractivity contribution is -0.385. The number of carbonyl (C=O) groups is 1. The zero-order chi connectivity index (χ0) is 29.2. The zero-order valence-electron chi connectivity index (χ0n) is 22.9. The number of hydroxylamine groups is 2. The Morgan fingerprint density at radius 3 is 2.37 bits per heavy atom. The number of aryl methyl sites for hydroxylation is 1. The molecule has 218 valence electrons. The van der Waals surface area contributed by atoms with Crippen LogP contribution in [0.15, 0.2) is 72.8 Å². The highest BCUT2D eigenvalue weighted by atomic mass is 35.5. The highest BCUT2D eigenvalue weighted by Gasteiger charge is 2.26. The molecule has 0 radical (unpaired) electrons. The molecule has 0 aliphatic carbocycles. The van der Waals surface area contributed by atoms with Crippen LogP contribution in [-0.4, -0.2) is 76.9 Å². The quantitative estimate of drug-likeness (QED) is 0.124. The average Bonchev–Trinajstić information content (AvgIpc) is 2.98. The fraction of sp³-hybridized carbons (Fsp3) is 0.367. The van der Waals surface area contributed by atoms with Crippen molar-refractivity contribution in [3.8, 4) is 5.75 Å². The van der Waals surface area contributed by atoms with Crippen LogP contribution in [0.2, 0.25) is 5.02 Å². The van der Waals surface area contributed by atoms with Crippen LogP contribution in [0.4, 0.5) is 10.5 Å². The number of halogens is 1. The van der Waals surface area contributed by atoms with Crippen LogP contribution in [0.5, 0.6) is 5.75 Å². The first-order chi connectivity index (χ1) is 19.8. The van der Waals surface area contributed by atoms with Gasteiger partial charge in [-0.25, -0.2) is 9.86 Å². The highest BCUT2D eigenvalue weighted by Crippen LogP contribution is 2.30. The summed E-state index contributed by atoms with van der Waals surface area (Å²) in [6.45, 7) is 4.80. The number of ether oxygens (including phenoxy) is 1. The molecule has 1 aliphatic rings. The number of nitrogens with two attached hydrogens (primary N) is 1. The third-order valence-electron chi connectivity index (χ3n) is 7.32. The molecule has 0 unspecified atom stereocenters. The van der Waals surface area contributed by atoms with Crippen molar-refractivity contribution in [3.05, 3.63) is 105 Å². The van der Waals surface area contributed by atoms with Gasteiger partial charge in [-0.05, 0) is 54.7 Å². The molecule has 1 fully saturated rings. The van der Waals surface area contributed by atoms with Gasteiger partial charge in [0.2, 0.25) is 0 Å². The molecule has 1 saturated heterocycles. The molecule has 0 aromatic heterocycles. The average molecular weight is 582 g/mol. The lowest BCUT2D eigenvalue weighted by atomic mass is 9.96. The number of nitrogens with zero attached hydrogens (tertiary/aromatic N) is 4. The first-order valence-electron chi connectivity index (χ1n) is 13.7. The van der Waals surface area contributed by atoms with Gasteiger partial charge in [-0.2, -0.15) is 0 Å². The van der Waals surface area contributed by atoms with Gasteiger partial charge < -0.3 is 10.5 Å².